The zero-order chi connectivity index (χ0) is 18.7. The summed E-state index contributed by atoms with van der Waals surface area (Å²) in [6.45, 7) is -0.245. The van der Waals surface area contributed by atoms with Crippen LogP contribution in [-0.2, 0) is 14.6 Å². The zero-order valence-electron chi connectivity index (χ0n) is 13.3. The highest BCUT2D eigenvalue weighted by molar-refractivity contribution is 9.10. The topological polar surface area (TPSA) is 84.5 Å². The highest BCUT2D eigenvalue weighted by atomic mass is 79.9. The number of hydrogen-bond donors (Lipinski definition) is 2. The summed E-state index contributed by atoms with van der Waals surface area (Å²) >= 11 is 3.30. The average molecular weight is 441 g/mol. The fourth-order valence-corrected chi connectivity index (χ4v) is 4.10. The van der Waals surface area contributed by atoms with Crippen molar-refractivity contribution in [2.24, 2.45) is 0 Å². The van der Waals surface area contributed by atoms with Gasteiger partial charge in [0.25, 0.3) is 5.91 Å². The maximum Gasteiger partial charge on any atom is 0.276 e. The summed E-state index contributed by atoms with van der Waals surface area (Å²) in [5.74, 6) is -0.765. The Bertz CT molecular complexity index is 992. The quantitative estimate of drug-likeness (QED) is 0.550. The van der Waals surface area contributed by atoms with Crippen molar-refractivity contribution in [2.75, 3.05) is 12.4 Å². The van der Waals surface area contributed by atoms with Crippen molar-refractivity contribution < 1.29 is 22.3 Å². The predicted octanol–water partition coefficient (Wildman–Crippen LogP) is 2.42. The molecule has 1 heterocycles. The van der Waals surface area contributed by atoms with Crippen LogP contribution in [0.2, 0.25) is 0 Å². The number of halogens is 2. The maximum absolute atomic E-state index is 13.5. The Morgan fingerprint density at radius 2 is 2.04 bits per heavy atom. The molecule has 1 aliphatic rings. The normalized spacial score (nSPS) is 14.8. The molecule has 0 saturated carbocycles. The fourth-order valence-electron chi connectivity index (χ4n) is 2.37. The molecule has 0 aliphatic carbocycles. The third-order valence-corrected chi connectivity index (χ3v) is 5.70. The smallest absolute Gasteiger partial charge is 0.276 e. The summed E-state index contributed by atoms with van der Waals surface area (Å²) in [4.78, 5) is 11.9. The van der Waals surface area contributed by atoms with Crippen LogP contribution in [0.1, 0.15) is 5.56 Å². The zero-order valence-corrected chi connectivity index (χ0v) is 15.7. The van der Waals surface area contributed by atoms with Gasteiger partial charge in [-0.3, -0.25) is 15.6 Å². The average Bonchev–Trinajstić information content (AvgIpc) is 2.59. The summed E-state index contributed by atoms with van der Waals surface area (Å²) < 4.78 is 43.8. The minimum absolute atomic E-state index is 0.0172. The van der Waals surface area contributed by atoms with Gasteiger partial charge in [0.15, 0.2) is 16.4 Å². The third-order valence-electron chi connectivity index (χ3n) is 3.58. The number of nitrogens with one attached hydrogen (secondary N) is 2. The van der Waals surface area contributed by atoms with Crippen molar-refractivity contribution in [3.05, 3.63) is 64.4 Å². The number of rotatable bonds is 5. The van der Waals surface area contributed by atoms with Crippen LogP contribution in [0.5, 0.6) is 5.75 Å². The van der Waals surface area contributed by atoms with Gasteiger partial charge in [0.05, 0.1) is 16.3 Å². The molecule has 1 amide bonds. The molecule has 0 spiro atoms. The largest absolute Gasteiger partial charge is 0.484 e. The Morgan fingerprint density at radius 3 is 2.81 bits per heavy atom. The molecule has 0 unspecified atom stereocenters. The first-order valence-electron chi connectivity index (χ1n) is 7.51. The highest BCUT2D eigenvalue weighted by Gasteiger charge is 2.25. The Labute approximate surface area is 158 Å². The van der Waals surface area contributed by atoms with Crippen molar-refractivity contribution in [3.63, 3.8) is 0 Å². The molecule has 0 fully saturated rings. The van der Waals surface area contributed by atoms with E-state index in [9.17, 15) is 17.6 Å². The van der Waals surface area contributed by atoms with E-state index in [0.717, 1.165) is 16.6 Å². The third kappa shape index (κ3) is 4.23. The van der Waals surface area contributed by atoms with E-state index in [1.165, 1.54) is 12.1 Å². The van der Waals surface area contributed by atoms with E-state index in [2.05, 4.69) is 26.8 Å². The Hall–Kier alpha value is -2.39. The van der Waals surface area contributed by atoms with E-state index in [1.807, 2.05) is 6.07 Å². The molecule has 0 aromatic heterocycles. The molecule has 6 nitrogen and oxygen atoms in total. The molecule has 1 aliphatic heterocycles. The van der Waals surface area contributed by atoms with Crippen molar-refractivity contribution in [3.8, 4) is 5.75 Å². The molecule has 2 aromatic rings. The first-order valence-corrected chi connectivity index (χ1v) is 9.96. The minimum Gasteiger partial charge on any atom is -0.484 e. The molecule has 3 rings (SSSR count). The van der Waals surface area contributed by atoms with Crippen LogP contribution in [0.15, 0.2) is 57.9 Å². The Kier molecular flexibility index (Phi) is 5.28. The minimum atomic E-state index is -3.51. The Balaban J connectivity index is 1.64. The van der Waals surface area contributed by atoms with E-state index in [-0.39, 0.29) is 22.8 Å². The molecule has 0 radical (unpaired) electrons. The lowest BCUT2D eigenvalue weighted by molar-refractivity contribution is -0.123. The Morgan fingerprint density at radius 1 is 1.23 bits per heavy atom. The molecule has 2 aromatic carbocycles. The molecule has 26 heavy (non-hydrogen) atoms. The van der Waals surface area contributed by atoms with Crippen LogP contribution in [0.3, 0.4) is 0 Å². The number of fused-ring (bicyclic) bond motifs is 1. The summed E-state index contributed by atoms with van der Waals surface area (Å²) in [7, 11) is -3.51. The van der Waals surface area contributed by atoms with Crippen molar-refractivity contribution in [1.29, 1.82) is 0 Å². The van der Waals surface area contributed by atoms with Gasteiger partial charge < -0.3 is 4.74 Å². The maximum atomic E-state index is 13.5. The number of carbonyl (C=O) groups excluding carboxylic acids is 1. The molecule has 9 heteroatoms. The van der Waals surface area contributed by atoms with Gasteiger partial charge in [-0.05, 0) is 42.5 Å². The molecular formula is C17H14BrFN2O4S. The summed E-state index contributed by atoms with van der Waals surface area (Å²) in [5.41, 5.74) is 5.53. The number of hydrazine groups is 1. The van der Waals surface area contributed by atoms with Gasteiger partial charge >= 0.3 is 0 Å². The second kappa shape index (κ2) is 7.46. The van der Waals surface area contributed by atoms with Crippen LogP contribution in [0.25, 0.3) is 5.70 Å². The molecule has 0 bridgehead atoms. The van der Waals surface area contributed by atoms with E-state index in [1.54, 1.807) is 18.2 Å². The van der Waals surface area contributed by atoms with E-state index < -0.39 is 21.6 Å². The van der Waals surface area contributed by atoms with Gasteiger partial charge in [0.2, 0.25) is 0 Å². The summed E-state index contributed by atoms with van der Waals surface area (Å²) in [5, 5.41) is 0. The molecule has 136 valence electrons. The second-order valence-electron chi connectivity index (χ2n) is 5.46. The van der Waals surface area contributed by atoms with Crippen molar-refractivity contribution in [2.45, 2.75) is 4.90 Å². The van der Waals surface area contributed by atoms with E-state index in [0.29, 0.717) is 11.4 Å². The van der Waals surface area contributed by atoms with Gasteiger partial charge in [0, 0.05) is 10.0 Å². The van der Waals surface area contributed by atoms with Gasteiger partial charge in [-0.25, -0.2) is 12.8 Å². The molecule has 2 N–H and O–H groups in total. The van der Waals surface area contributed by atoms with Gasteiger partial charge in [-0.1, -0.05) is 22.0 Å². The van der Waals surface area contributed by atoms with Gasteiger partial charge in [-0.2, -0.15) is 0 Å². The van der Waals surface area contributed by atoms with Crippen LogP contribution in [0.4, 0.5) is 4.39 Å². The number of carbonyl (C=O) groups is 1. The van der Waals surface area contributed by atoms with Crippen molar-refractivity contribution >= 4 is 37.4 Å². The first-order chi connectivity index (χ1) is 12.3. The number of sulfone groups is 1. The van der Waals surface area contributed by atoms with Crippen molar-refractivity contribution in [1.82, 2.24) is 10.9 Å². The number of amides is 1. The SMILES string of the molecule is O=C(COc1cccc(Br)c1)NNC1=CCS(=O)(=O)c2ccc(F)cc21. The van der Waals surface area contributed by atoms with Gasteiger partial charge in [0.1, 0.15) is 11.6 Å². The summed E-state index contributed by atoms with van der Waals surface area (Å²) in [6, 6.07) is 10.4. The van der Waals surface area contributed by atoms with E-state index in [4.69, 9.17) is 4.74 Å². The predicted molar refractivity (Wildman–Crippen MR) is 97.3 cm³/mol. The molecule has 0 saturated heterocycles. The fraction of sp³-hybridized carbons (Fsp3) is 0.118. The van der Waals surface area contributed by atoms with Crippen LogP contribution >= 0.6 is 15.9 Å². The number of hydrogen-bond acceptors (Lipinski definition) is 5. The lowest BCUT2D eigenvalue weighted by Gasteiger charge is -2.20. The second-order valence-corrected chi connectivity index (χ2v) is 8.38. The standard InChI is InChI=1S/C17H14BrFN2O4S/c18-11-2-1-3-13(8-11)25-10-17(22)21-20-15-6-7-26(23,24)16-5-4-12(19)9-14(15)16/h1-6,8-9,20H,7,10H2,(H,21,22). The monoisotopic (exact) mass is 440 g/mol. The highest BCUT2D eigenvalue weighted by Crippen LogP contribution is 2.28. The van der Waals surface area contributed by atoms with Crippen LogP contribution < -0.4 is 15.6 Å². The van der Waals surface area contributed by atoms with E-state index >= 15 is 0 Å². The molecule has 0 atom stereocenters. The lowest BCUT2D eigenvalue weighted by Crippen LogP contribution is -2.40. The number of ether oxygens (including phenoxy) is 1. The van der Waals surface area contributed by atoms with Crippen LogP contribution in [-0.4, -0.2) is 26.7 Å². The lowest BCUT2D eigenvalue weighted by atomic mass is 10.1. The van der Waals surface area contributed by atoms with Crippen LogP contribution in [0, 0.1) is 5.82 Å². The summed E-state index contributed by atoms with van der Waals surface area (Å²) in [6.07, 6.45) is 1.38. The first kappa shape index (κ1) is 18.4. The van der Waals surface area contributed by atoms with Gasteiger partial charge in [-0.15, -0.1) is 0 Å². The number of benzene rings is 2. The molecular weight excluding hydrogens is 427 g/mol.